The second-order valence-electron chi connectivity index (χ2n) is 45.4. The number of fused-ring (bicyclic) bond motifs is 3. The van der Waals surface area contributed by atoms with E-state index < -0.39 is 42.1 Å². The largest absolute Gasteiger partial charge is 0.494 e. The van der Waals surface area contributed by atoms with Crippen LogP contribution >= 0.6 is 95.6 Å². The highest BCUT2D eigenvalue weighted by atomic mass is 79.9. The van der Waals surface area contributed by atoms with E-state index >= 15 is 0 Å². The van der Waals surface area contributed by atoms with Gasteiger partial charge in [-0.1, -0.05) is 365 Å². The average molecular weight is 2370 g/mol. The molecule has 0 spiro atoms. The van der Waals surface area contributed by atoms with Gasteiger partial charge in [-0.15, -0.1) is 0 Å². The van der Waals surface area contributed by atoms with Gasteiger partial charge in [0.2, 0.25) is 0 Å². The van der Waals surface area contributed by atoms with Gasteiger partial charge in [0, 0.05) is 72.2 Å². The molecule has 0 N–H and O–H groups in total. The maximum atomic E-state index is 10.3. The molecule has 0 amide bonds. The summed E-state index contributed by atoms with van der Waals surface area (Å²) < 4.78 is 33.6. The molecule has 1 unspecified atom stereocenters. The van der Waals surface area contributed by atoms with Gasteiger partial charge >= 0.3 is 14.2 Å². The third-order valence-corrected chi connectivity index (χ3v) is 33.7. The lowest BCUT2D eigenvalue weighted by molar-refractivity contribution is 0.00578. The summed E-state index contributed by atoms with van der Waals surface area (Å²) in [5, 5.41) is 0. The summed E-state index contributed by atoms with van der Waals surface area (Å²) in [6, 6.07) is 96.7. The van der Waals surface area contributed by atoms with Crippen molar-refractivity contribution in [2.75, 3.05) is 14.7 Å². The summed E-state index contributed by atoms with van der Waals surface area (Å²) in [6.07, 6.45) is 26.3. The summed E-state index contributed by atoms with van der Waals surface area (Å²) in [7, 11) is -0.954. The molecule has 2 heterocycles. The van der Waals surface area contributed by atoms with Crippen molar-refractivity contribution >= 4 is 178 Å². The maximum absolute atomic E-state index is 10.3. The fourth-order valence-electron chi connectivity index (χ4n) is 20.6. The lowest BCUT2D eigenvalue weighted by atomic mass is 9.64. The summed E-state index contributed by atoms with van der Waals surface area (Å²) in [4.78, 5) is 17.3. The van der Waals surface area contributed by atoms with Gasteiger partial charge in [0.15, 0.2) is 0 Å². The normalized spacial score (nSPS) is 14.7. The standard InChI is InChI=1S/C61H88B2O4.C42H46Br2N2.C22H21Br2N.C7H4Br2O/c1-13-17-21-25-29-45-37-46(30-26-22-18-14-2)40-49(39-45)61(50-41-47(31-27-23-19-15-3)38-48(42-50)32-28-24-20-16-4)55-43-51(62-64-57(5,6)58(7,8)65-62)33-35-53(55)54-36-34-52(44-56(54)61)63-66-59(9,10)60(11,12)67-63;1-27-23-31(41(5,6)7)24-28(2)39(27)45(35-15-11-33(43)12-16-35)37-19-21-38(22-20-37)46(36-17-13-34(44)14-18-36)40-29(3)25-32(26-30(40)4)42(8,9)10;1-3-16(2)17-4-10-20(11-5-17)25(21-12-6-18(23)7-13-21)22-14-8-19(24)9-15-22;8-6-1-5(4-10)2-7(9)3-6/h33-44H,13-32H2,1-12H3;11-26H,1-10H3;4-16H,3H2,1-2H3;1-4H. The van der Waals surface area contributed by atoms with Crippen LogP contribution in [0.1, 0.15) is 347 Å². The third-order valence-electron chi connectivity index (χ3n) is 30.7. The predicted octanol–water partition coefficient (Wildman–Crippen LogP) is 40.3. The van der Waals surface area contributed by atoms with Gasteiger partial charge in [-0.2, -0.15) is 0 Å². The van der Waals surface area contributed by atoms with Crippen LogP contribution in [0.2, 0.25) is 0 Å². The lowest BCUT2D eigenvalue weighted by Gasteiger charge is -2.36. The topological polar surface area (TPSA) is 63.7 Å². The van der Waals surface area contributed by atoms with Crippen molar-refractivity contribution in [3.05, 3.63) is 377 Å². The smallest absolute Gasteiger partial charge is 0.399 e. The molecule has 1 aliphatic carbocycles. The molecule has 1 atom stereocenters. The molecule has 16 rings (SSSR count). The number of anilines is 9. The molecular formula is C132H159B2Br6N3O5. The SMILES string of the molecule is CCC(C)c1ccc(N(c2ccc(Br)cc2)c2ccc(Br)cc2)cc1.CCCCCCc1cc(CCCCCC)cc(C2(c3cc(CCCCCC)cc(CCCCCC)c3)c3cc(B4OC(C)(C)C(C)(C)O4)ccc3-c3ccc(B4OC(C)(C)C(C)(C)O4)cc32)c1.Cc1cc(C(C)(C)C)cc(C)c1N(c1ccc(Br)cc1)c1ccc(N(c2ccc(Br)cc2)c2c(C)cc(C(C)(C)C)cc2C)cc1.O=Cc1cc(Br)cc(Br)c1. The highest BCUT2D eigenvalue weighted by molar-refractivity contribution is 9.11. The first-order valence-electron chi connectivity index (χ1n) is 54.4. The van der Waals surface area contributed by atoms with Crippen LogP contribution < -0.4 is 25.6 Å². The molecule has 0 radical (unpaired) electrons. The second kappa shape index (κ2) is 51.7. The summed E-state index contributed by atoms with van der Waals surface area (Å²) in [5.41, 5.74) is 33.9. The van der Waals surface area contributed by atoms with E-state index in [4.69, 9.17) is 18.6 Å². The van der Waals surface area contributed by atoms with Crippen LogP contribution in [-0.4, -0.2) is 42.9 Å². The number of benzene rings is 13. The monoisotopic (exact) mass is 2360 g/mol. The minimum absolute atomic E-state index is 0.0793. The van der Waals surface area contributed by atoms with Crippen molar-refractivity contribution in [2.45, 2.75) is 346 Å². The molecule has 0 saturated carbocycles. The highest BCUT2D eigenvalue weighted by Crippen LogP contribution is 2.58. The Kier molecular flexibility index (Phi) is 40.8. The Morgan fingerprint density at radius 3 is 0.831 bits per heavy atom. The Morgan fingerprint density at radius 1 is 0.311 bits per heavy atom. The minimum Gasteiger partial charge on any atom is -0.399 e. The fourth-order valence-corrected chi connectivity index (χ4v) is 23.0. The molecule has 13 aromatic carbocycles. The molecule has 780 valence electrons. The molecule has 148 heavy (non-hydrogen) atoms. The Balaban J connectivity index is 0.000000192. The summed E-state index contributed by atoms with van der Waals surface area (Å²) >= 11 is 20.9. The number of hydrogen-bond donors (Lipinski definition) is 0. The van der Waals surface area contributed by atoms with Crippen LogP contribution in [0.25, 0.3) is 11.1 Å². The van der Waals surface area contributed by atoms with Gasteiger partial charge in [-0.05, 0) is 415 Å². The number of aryl methyl sites for hydroxylation is 8. The number of halogens is 6. The van der Waals surface area contributed by atoms with Crippen LogP contribution in [0.3, 0.4) is 0 Å². The van der Waals surface area contributed by atoms with Crippen LogP contribution in [0.15, 0.2) is 288 Å². The molecule has 13 aromatic rings. The van der Waals surface area contributed by atoms with Gasteiger partial charge in [0.25, 0.3) is 0 Å². The molecule has 0 bridgehead atoms. The first kappa shape index (κ1) is 117. The van der Waals surface area contributed by atoms with Crippen LogP contribution in [-0.2, 0) is 60.5 Å². The first-order chi connectivity index (χ1) is 70.3. The minimum atomic E-state index is -0.626. The van der Waals surface area contributed by atoms with Crippen molar-refractivity contribution in [1.29, 1.82) is 0 Å². The van der Waals surface area contributed by atoms with Crippen molar-refractivity contribution in [3.63, 3.8) is 0 Å². The van der Waals surface area contributed by atoms with Crippen molar-refractivity contribution in [2.24, 2.45) is 0 Å². The van der Waals surface area contributed by atoms with Crippen LogP contribution in [0.4, 0.5) is 51.2 Å². The van der Waals surface area contributed by atoms with E-state index in [2.05, 4.69) is 519 Å². The molecule has 2 aliphatic heterocycles. The molecule has 8 nitrogen and oxygen atoms in total. The molecule has 3 aliphatic rings. The molecule has 0 aromatic heterocycles. The van der Waals surface area contributed by atoms with Gasteiger partial charge in [0.1, 0.15) is 6.29 Å². The van der Waals surface area contributed by atoms with Crippen molar-refractivity contribution in [1.82, 2.24) is 0 Å². The Hall–Kier alpha value is -8.22. The van der Waals surface area contributed by atoms with E-state index in [9.17, 15) is 4.79 Å². The number of hydrogen-bond acceptors (Lipinski definition) is 8. The number of rotatable bonds is 36. The quantitative estimate of drug-likeness (QED) is 0.0219. The number of aldehydes is 1. The average Bonchev–Trinajstić information content (AvgIpc) is 1.52. The Morgan fingerprint density at radius 2 is 0.574 bits per heavy atom. The first-order valence-corrected chi connectivity index (χ1v) is 59.1. The van der Waals surface area contributed by atoms with E-state index in [1.807, 2.05) is 6.07 Å². The number of unbranched alkanes of at least 4 members (excludes halogenated alkanes) is 12. The highest BCUT2D eigenvalue weighted by Gasteiger charge is 2.56. The van der Waals surface area contributed by atoms with Crippen LogP contribution in [0, 0.1) is 27.7 Å². The van der Waals surface area contributed by atoms with Gasteiger partial charge < -0.3 is 33.3 Å². The molecule has 2 saturated heterocycles. The van der Waals surface area contributed by atoms with Crippen LogP contribution in [0.5, 0.6) is 0 Å². The zero-order valence-electron chi connectivity index (χ0n) is 92.6. The lowest BCUT2D eigenvalue weighted by Crippen LogP contribution is -2.41. The van der Waals surface area contributed by atoms with E-state index in [-0.39, 0.29) is 10.8 Å². The number of carbonyl (C=O) groups excluding carboxylic acids is 1. The van der Waals surface area contributed by atoms with E-state index in [1.54, 1.807) is 12.1 Å². The summed E-state index contributed by atoms with van der Waals surface area (Å²) in [6.45, 7) is 53.7. The number of nitrogens with zero attached hydrogens (tertiary/aromatic N) is 3. The Labute approximate surface area is 941 Å². The Bertz CT molecular complexity index is 6100. The van der Waals surface area contributed by atoms with Gasteiger partial charge in [0.05, 0.1) is 39.2 Å². The van der Waals surface area contributed by atoms with E-state index in [1.165, 1.54) is 209 Å². The van der Waals surface area contributed by atoms with Gasteiger partial charge in [-0.3, -0.25) is 4.79 Å². The number of carbonyl (C=O) groups is 1. The third kappa shape index (κ3) is 28.7. The zero-order valence-corrected chi connectivity index (χ0v) is 102. The van der Waals surface area contributed by atoms with Crippen molar-refractivity contribution < 1.29 is 23.4 Å². The van der Waals surface area contributed by atoms with E-state index in [0.29, 0.717) is 11.5 Å². The predicted molar refractivity (Wildman–Crippen MR) is 657 cm³/mol. The second-order valence-corrected chi connectivity index (χ2v) is 50.9. The van der Waals surface area contributed by atoms with E-state index in [0.717, 1.165) is 116 Å². The molecule has 16 heteroatoms. The zero-order chi connectivity index (χ0) is 107. The molecule has 2 fully saturated rings. The van der Waals surface area contributed by atoms with Crippen molar-refractivity contribution in [3.8, 4) is 11.1 Å². The maximum Gasteiger partial charge on any atom is 0.494 e. The molecular weight excluding hydrogens is 2210 g/mol. The fraction of sp³-hybridized carbons (Fsp3) is 0.402. The van der Waals surface area contributed by atoms with Gasteiger partial charge in [-0.25, -0.2) is 0 Å². The summed E-state index contributed by atoms with van der Waals surface area (Å²) in [5.74, 6) is 0.586.